The number of unbranched alkanes of at least 4 members (excludes halogenated alkanes) is 1. The van der Waals surface area contributed by atoms with E-state index in [9.17, 15) is 4.79 Å². The van der Waals surface area contributed by atoms with Crippen LogP contribution in [0.25, 0.3) is 0 Å². The Morgan fingerprint density at radius 3 is 2.79 bits per heavy atom. The van der Waals surface area contributed by atoms with Crippen LogP contribution in [0.5, 0.6) is 0 Å². The van der Waals surface area contributed by atoms with Crippen LogP contribution in [0, 0.1) is 11.8 Å². The Bertz CT molecular complexity index is 918. The molecule has 0 bridgehead atoms. The van der Waals surface area contributed by atoms with E-state index in [-0.39, 0.29) is 11.4 Å². The smallest absolute Gasteiger partial charge is 0.305 e. The standard InChI is InChI=1S/C26H30O2S/c1-4-28-25(27)12-8-7-10-21-9-5-6-11-22(21)15-13-20-14-16-24-23(19-20)26(2,3)17-18-29-24/h5-6,9,11,14,16,19H,4,7-8,10,12,17-18H2,1-3H3. The van der Waals surface area contributed by atoms with Gasteiger partial charge in [0.25, 0.3) is 0 Å². The van der Waals surface area contributed by atoms with Crippen molar-refractivity contribution in [3.63, 3.8) is 0 Å². The van der Waals surface area contributed by atoms with E-state index in [1.54, 1.807) is 0 Å². The van der Waals surface area contributed by atoms with Crippen LogP contribution in [0.3, 0.4) is 0 Å². The molecule has 1 heterocycles. The van der Waals surface area contributed by atoms with E-state index in [0.717, 1.165) is 30.4 Å². The molecular weight excluding hydrogens is 376 g/mol. The predicted molar refractivity (Wildman–Crippen MR) is 121 cm³/mol. The lowest BCUT2D eigenvalue weighted by atomic mass is 9.81. The molecule has 1 aliphatic rings. The Labute approximate surface area is 179 Å². The molecule has 0 saturated heterocycles. The maximum atomic E-state index is 11.5. The molecule has 0 radical (unpaired) electrons. The summed E-state index contributed by atoms with van der Waals surface area (Å²) in [7, 11) is 0. The number of rotatable bonds is 6. The highest BCUT2D eigenvalue weighted by Gasteiger charge is 2.27. The van der Waals surface area contributed by atoms with Gasteiger partial charge in [0, 0.05) is 22.4 Å². The van der Waals surface area contributed by atoms with Crippen molar-refractivity contribution in [2.75, 3.05) is 12.4 Å². The molecule has 0 N–H and O–H groups in total. The highest BCUT2D eigenvalue weighted by molar-refractivity contribution is 7.99. The number of hydrogen-bond donors (Lipinski definition) is 0. The van der Waals surface area contributed by atoms with Crippen molar-refractivity contribution in [2.45, 2.75) is 63.2 Å². The summed E-state index contributed by atoms with van der Waals surface area (Å²) in [6.07, 6.45) is 4.43. The van der Waals surface area contributed by atoms with Gasteiger partial charge in [-0.05, 0) is 79.2 Å². The van der Waals surface area contributed by atoms with Crippen LogP contribution in [0.4, 0.5) is 0 Å². The zero-order valence-corrected chi connectivity index (χ0v) is 18.5. The van der Waals surface area contributed by atoms with Crippen LogP contribution in [-0.2, 0) is 21.4 Å². The highest BCUT2D eigenvalue weighted by Crippen LogP contribution is 2.41. The average Bonchev–Trinajstić information content (AvgIpc) is 2.71. The van der Waals surface area contributed by atoms with E-state index in [0.29, 0.717) is 13.0 Å². The molecule has 0 aromatic heterocycles. The normalized spacial score (nSPS) is 14.4. The molecule has 0 spiro atoms. The molecule has 3 rings (SSSR count). The number of benzene rings is 2. The molecule has 152 valence electrons. The minimum Gasteiger partial charge on any atom is -0.466 e. The summed E-state index contributed by atoms with van der Waals surface area (Å²) in [5.74, 6) is 7.85. The van der Waals surface area contributed by atoms with Gasteiger partial charge in [-0.25, -0.2) is 0 Å². The van der Waals surface area contributed by atoms with Gasteiger partial charge in [-0.3, -0.25) is 4.79 Å². The van der Waals surface area contributed by atoms with Crippen LogP contribution in [0.1, 0.15) is 68.7 Å². The second-order valence-corrected chi connectivity index (χ2v) is 9.25. The van der Waals surface area contributed by atoms with Crippen LogP contribution < -0.4 is 0 Å². The van der Waals surface area contributed by atoms with Crippen LogP contribution in [-0.4, -0.2) is 18.3 Å². The van der Waals surface area contributed by atoms with Crippen molar-refractivity contribution in [3.05, 3.63) is 64.7 Å². The maximum Gasteiger partial charge on any atom is 0.305 e. The second-order valence-electron chi connectivity index (χ2n) is 8.11. The van der Waals surface area contributed by atoms with Crippen LogP contribution in [0.15, 0.2) is 47.4 Å². The summed E-state index contributed by atoms with van der Waals surface area (Å²) in [5.41, 5.74) is 5.05. The first-order valence-corrected chi connectivity index (χ1v) is 11.5. The number of fused-ring (bicyclic) bond motifs is 1. The number of carbonyl (C=O) groups is 1. The van der Waals surface area contributed by atoms with Crippen molar-refractivity contribution in [1.29, 1.82) is 0 Å². The summed E-state index contributed by atoms with van der Waals surface area (Å²) in [6, 6.07) is 15.0. The van der Waals surface area contributed by atoms with E-state index >= 15 is 0 Å². The quantitative estimate of drug-likeness (QED) is 0.328. The summed E-state index contributed by atoms with van der Waals surface area (Å²) < 4.78 is 5.00. The number of hydrogen-bond acceptors (Lipinski definition) is 3. The lowest BCUT2D eigenvalue weighted by Crippen LogP contribution is -2.22. The van der Waals surface area contributed by atoms with Gasteiger partial charge < -0.3 is 4.74 Å². The van der Waals surface area contributed by atoms with Gasteiger partial charge in [0.1, 0.15) is 0 Å². The van der Waals surface area contributed by atoms with E-state index in [1.807, 2.05) is 24.8 Å². The first-order chi connectivity index (χ1) is 14.0. The van der Waals surface area contributed by atoms with Crippen LogP contribution >= 0.6 is 11.8 Å². The molecule has 2 nitrogen and oxygen atoms in total. The molecule has 2 aromatic carbocycles. The molecule has 0 aliphatic carbocycles. The Morgan fingerprint density at radius 2 is 1.97 bits per heavy atom. The van der Waals surface area contributed by atoms with Gasteiger partial charge in [-0.2, -0.15) is 0 Å². The van der Waals surface area contributed by atoms with Gasteiger partial charge in [0.05, 0.1) is 6.61 Å². The first-order valence-electron chi connectivity index (χ1n) is 10.5. The van der Waals surface area contributed by atoms with Crippen LogP contribution in [0.2, 0.25) is 0 Å². The summed E-state index contributed by atoms with van der Waals surface area (Å²) >= 11 is 1.95. The van der Waals surface area contributed by atoms with E-state index in [1.165, 1.54) is 28.2 Å². The predicted octanol–water partition coefficient (Wildman–Crippen LogP) is 6.14. The molecule has 3 heteroatoms. The molecule has 0 saturated carbocycles. The third-order valence-electron chi connectivity index (χ3n) is 5.43. The van der Waals surface area contributed by atoms with Gasteiger partial charge in [-0.15, -0.1) is 11.8 Å². The number of ether oxygens (including phenoxy) is 1. The maximum absolute atomic E-state index is 11.5. The fourth-order valence-electron chi connectivity index (χ4n) is 3.63. The van der Waals surface area contributed by atoms with Gasteiger partial charge in [-0.1, -0.05) is 43.9 Å². The van der Waals surface area contributed by atoms with Gasteiger partial charge >= 0.3 is 5.97 Å². The van der Waals surface area contributed by atoms with E-state index < -0.39 is 0 Å². The van der Waals surface area contributed by atoms with Crippen molar-refractivity contribution in [2.24, 2.45) is 0 Å². The molecular formula is C26H30O2S. The fraction of sp³-hybridized carbons (Fsp3) is 0.423. The molecule has 1 aliphatic heterocycles. The number of aryl methyl sites for hydroxylation is 1. The molecule has 0 amide bonds. The second kappa shape index (κ2) is 10.0. The monoisotopic (exact) mass is 406 g/mol. The topological polar surface area (TPSA) is 26.3 Å². The molecule has 29 heavy (non-hydrogen) atoms. The zero-order valence-electron chi connectivity index (χ0n) is 17.7. The molecule has 0 unspecified atom stereocenters. The molecule has 0 fully saturated rings. The lowest BCUT2D eigenvalue weighted by Gasteiger charge is -2.32. The average molecular weight is 407 g/mol. The fourth-order valence-corrected chi connectivity index (χ4v) is 5.12. The van der Waals surface area contributed by atoms with Gasteiger partial charge in [0.2, 0.25) is 0 Å². The summed E-state index contributed by atoms with van der Waals surface area (Å²) in [5, 5.41) is 0. The van der Waals surface area contributed by atoms with Crippen molar-refractivity contribution < 1.29 is 9.53 Å². The number of esters is 1. The summed E-state index contributed by atoms with van der Waals surface area (Å²) in [6.45, 7) is 6.95. The third-order valence-corrected chi connectivity index (χ3v) is 6.51. The first kappa shape index (κ1) is 21.5. The third kappa shape index (κ3) is 5.90. The minimum atomic E-state index is -0.103. The number of carbonyl (C=O) groups excluding carboxylic acids is 1. The van der Waals surface area contributed by atoms with Crippen molar-refractivity contribution in [1.82, 2.24) is 0 Å². The number of thioether (sulfide) groups is 1. The van der Waals surface area contributed by atoms with Gasteiger partial charge in [0.15, 0.2) is 0 Å². The van der Waals surface area contributed by atoms with Crippen molar-refractivity contribution >= 4 is 17.7 Å². The Morgan fingerprint density at radius 1 is 1.14 bits per heavy atom. The van der Waals surface area contributed by atoms with E-state index in [4.69, 9.17) is 4.74 Å². The lowest BCUT2D eigenvalue weighted by molar-refractivity contribution is -0.143. The SMILES string of the molecule is CCOC(=O)CCCCc1ccccc1C#Cc1ccc2c(c1)C(C)(C)CCS2. The van der Waals surface area contributed by atoms with E-state index in [2.05, 4.69) is 62.1 Å². The largest absolute Gasteiger partial charge is 0.466 e. The molecule has 2 aromatic rings. The van der Waals surface area contributed by atoms with Crippen molar-refractivity contribution in [3.8, 4) is 11.8 Å². The Hall–Kier alpha value is -2.18. The zero-order chi connectivity index (χ0) is 20.7. The Kier molecular flexibility index (Phi) is 7.45. The Balaban J connectivity index is 1.69. The highest BCUT2D eigenvalue weighted by atomic mass is 32.2. The summed E-state index contributed by atoms with van der Waals surface area (Å²) in [4.78, 5) is 12.9. The molecule has 0 atom stereocenters. The minimum absolute atomic E-state index is 0.103.